The van der Waals surface area contributed by atoms with E-state index in [0.717, 1.165) is 22.3 Å². The third kappa shape index (κ3) is 5.06. The van der Waals surface area contributed by atoms with E-state index in [1.165, 1.54) is 4.90 Å². The largest absolute Gasteiger partial charge is 0.350 e. The molecule has 2 atom stereocenters. The number of nitrogens with zero attached hydrogens (tertiary/aromatic N) is 4. The van der Waals surface area contributed by atoms with Crippen LogP contribution in [-0.4, -0.2) is 29.9 Å². The topological polar surface area (TPSA) is 98.2 Å². The monoisotopic (exact) mass is 419 g/mol. The highest BCUT2D eigenvalue weighted by Gasteiger charge is 2.36. The number of amides is 2. The minimum Gasteiger partial charge on any atom is -0.350 e. The van der Waals surface area contributed by atoms with Crippen LogP contribution in [0, 0.1) is 13.8 Å². The molecule has 0 aromatic heterocycles. The van der Waals surface area contributed by atoms with Gasteiger partial charge >= 0.3 is 0 Å². The summed E-state index contributed by atoms with van der Waals surface area (Å²) in [6, 6.07) is 13.1. The highest BCUT2D eigenvalue weighted by atomic mass is 16.2. The van der Waals surface area contributed by atoms with Gasteiger partial charge in [0.2, 0.25) is 11.8 Å². The number of aryl methyl sites for hydroxylation is 2. The van der Waals surface area contributed by atoms with E-state index < -0.39 is 11.6 Å². The maximum absolute atomic E-state index is 13.5. The standard InChI is InChI=1S/C24H29N5O2/c1-15-10-11-18-19(17-9-7-6-8-16(17)2)13-20(27-28-25)23(31)29(21(18)12-15)14-22(30)26-24(3,4)5/h6-12,19-20H,13-14H2,1-5H3,(H,26,30). The van der Waals surface area contributed by atoms with Crippen LogP contribution < -0.4 is 10.2 Å². The Labute approximate surface area is 183 Å². The Morgan fingerprint density at radius 2 is 1.90 bits per heavy atom. The average molecular weight is 420 g/mol. The van der Waals surface area contributed by atoms with Crippen LogP contribution in [0.2, 0.25) is 0 Å². The number of hydrogen-bond donors (Lipinski definition) is 1. The zero-order chi connectivity index (χ0) is 22.8. The number of hydrogen-bond acceptors (Lipinski definition) is 3. The zero-order valence-electron chi connectivity index (χ0n) is 18.7. The van der Waals surface area contributed by atoms with E-state index in [2.05, 4.69) is 15.3 Å². The number of benzene rings is 2. The van der Waals surface area contributed by atoms with Gasteiger partial charge in [0, 0.05) is 22.1 Å². The highest BCUT2D eigenvalue weighted by molar-refractivity contribution is 6.03. The first-order chi connectivity index (χ1) is 14.6. The molecule has 3 rings (SSSR count). The van der Waals surface area contributed by atoms with Crippen molar-refractivity contribution < 1.29 is 9.59 Å². The van der Waals surface area contributed by atoms with E-state index in [0.29, 0.717) is 12.1 Å². The molecular weight excluding hydrogens is 390 g/mol. The number of anilines is 1. The maximum Gasteiger partial charge on any atom is 0.240 e. The summed E-state index contributed by atoms with van der Waals surface area (Å²) in [6.07, 6.45) is 0.348. The van der Waals surface area contributed by atoms with Crippen molar-refractivity contribution in [1.82, 2.24) is 5.32 Å². The Balaban J connectivity index is 2.15. The van der Waals surface area contributed by atoms with E-state index >= 15 is 0 Å². The Morgan fingerprint density at radius 1 is 1.19 bits per heavy atom. The summed E-state index contributed by atoms with van der Waals surface area (Å²) in [6.45, 7) is 9.53. The molecule has 0 aliphatic carbocycles. The molecular formula is C24H29N5O2. The molecule has 0 saturated carbocycles. The van der Waals surface area contributed by atoms with E-state index in [-0.39, 0.29) is 24.3 Å². The first-order valence-corrected chi connectivity index (χ1v) is 10.4. The molecule has 0 saturated heterocycles. The molecule has 7 heteroatoms. The molecule has 2 aromatic rings. The van der Waals surface area contributed by atoms with E-state index in [1.54, 1.807) is 0 Å². The molecule has 1 aliphatic heterocycles. The van der Waals surface area contributed by atoms with Gasteiger partial charge in [0.1, 0.15) is 12.6 Å². The SMILES string of the molecule is Cc1ccc2c(c1)N(CC(=O)NC(C)(C)C)C(=O)C(N=[N+]=[N-])CC2c1ccccc1C. The Morgan fingerprint density at radius 3 is 2.55 bits per heavy atom. The van der Waals surface area contributed by atoms with Gasteiger partial charge < -0.3 is 10.2 Å². The van der Waals surface area contributed by atoms with E-state index in [4.69, 9.17) is 5.53 Å². The molecule has 0 fully saturated rings. The second-order valence-electron chi connectivity index (χ2n) is 9.15. The molecule has 2 amide bonds. The summed E-state index contributed by atoms with van der Waals surface area (Å²) in [4.78, 5) is 30.6. The molecule has 0 spiro atoms. The zero-order valence-corrected chi connectivity index (χ0v) is 18.7. The van der Waals surface area contributed by atoms with Crippen molar-refractivity contribution in [2.24, 2.45) is 5.11 Å². The summed E-state index contributed by atoms with van der Waals surface area (Å²) < 4.78 is 0. The van der Waals surface area contributed by atoms with E-state index in [1.807, 2.05) is 77.1 Å². The Hall–Kier alpha value is -3.31. The minimum absolute atomic E-state index is 0.132. The van der Waals surface area contributed by atoms with Crippen LogP contribution in [0.25, 0.3) is 10.4 Å². The van der Waals surface area contributed by atoms with Crippen LogP contribution in [0.15, 0.2) is 47.6 Å². The average Bonchev–Trinajstić information content (AvgIpc) is 2.78. The van der Waals surface area contributed by atoms with Crippen molar-refractivity contribution in [2.45, 2.75) is 58.5 Å². The van der Waals surface area contributed by atoms with Crippen LogP contribution >= 0.6 is 0 Å². The highest BCUT2D eigenvalue weighted by Crippen LogP contribution is 2.41. The summed E-state index contributed by atoms with van der Waals surface area (Å²) >= 11 is 0. The molecule has 0 radical (unpaired) electrons. The Bertz CT molecular complexity index is 1050. The summed E-state index contributed by atoms with van der Waals surface area (Å²) in [5.41, 5.74) is 13.5. The number of rotatable bonds is 4. The summed E-state index contributed by atoms with van der Waals surface area (Å²) in [5.74, 6) is -0.751. The molecule has 162 valence electrons. The molecule has 0 bridgehead atoms. The number of azide groups is 1. The molecule has 7 nitrogen and oxygen atoms in total. The minimum atomic E-state index is -0.898. The fourth-order valence-electron chi connectivity index (χ4n) is 4.13. The summed E-state index contributed by atoms with van der Waals surface area (Å²) in [5, 5.41) is 6.74. The van der Waals surface area contributed by atoms with Crippen LogP contribution in [0.5, 0.6) is 0 Å². The second kappa shape index (κ2) is 8.82. The third-order valence-corrected chi connectivity index (χ3v) is 5.43. The second-order valence-corrected chi connectivity index (χ2v) is 9.15. The fraction of sp³-hybridized carbons (Fsp3) is 0.417. The molecule has 1 N–H and O–H groups in total. The maximum atomic E-state index is 13.5. The number of carbonyl (C=O) groups is 2. The van der Waals surface area contributed by atoms with Crippen molar-refractivity contribution in [3.8, 4) is 0 Å². The van der Waals surface area contributed by atoms with Gasteiger partial charge in [-0.2, -0.15) is 0 Å². The number of nitrogens with one attached hydrogen (secondary N) is 1. The lowest BCUT2D eigenvalue weighted by Crippen LogP contribution is -2.49. The first kappa shape index (κ1) is 22.4. The van der Waals surface area contributed by atoms with Crippen LogP contribution in [0.1, 0.15) is 55.4 Å². The molecule has 2 unspecified atom stereocenters. The van der Waals surface area contributed by atoms with Gasteiger partial charge in [-0.25, -0.2) is 0 Å². The van der Waals surface area contributed by atoms with Crippen molar-refractivity contribution in [1.29, 1.82) is 0 Å². The van der Waals surface area contributed by atoms with Crippen LogP contribution in [0.3, 0.4) is 0 Å². The van der Waals surface area contributed by atoms with Gasteiger partial charge in [0.25, 0.3) is 0 Å². The first-order valence-electron chi connectivity index (χ1n) is 10.4. The van der Waals surface area contributed by atoms with Crippen molar-refractivity contribution in [2.75, 3.05) is 11.4 Å². The quantitative estimate of drug-likeness (QED) is 0.439. The van der Waals surface area contributed by atoms with Crippen molar-refractivity contribution in [3.63, 3.8) is 0 Å². The van der Waals surface area contributed by atoms with Gasteiger partial charge in [-0.05, 0) is 74.9 Å². The molecule has 2 aromatic carbocycles. The number of fused-ring (bicyclic) bond motifs is 1. The number of carbonyl (C=O) groups excluding carboxylic acids is 2. The lowest BCUT2D eigenvalue weighted by Gasteiger charge is -2.27. The van der Waals surface area contributed by atoms with E-state index in [9.17, 15) is 9.59 Å². The third-order valence-electron chi connectivity index (χ3n) is 5.43. The fourth-order valence-corrected chi connectivity index (χ4v) is 4.13. The van der Waals surface area contributed by atoms with Gasteiger partial charge in [0.15, 0.2) is 0 Å². The molecule has 1 aliphatic rings. The normalized spacial score (nSPS) is 18.6. The van der Waals surface area contributed by atoms with Crippen molar-refractivity contribution >= 4 is 17.5 Å². The smallest absolute Gasteiger partial charge is 0.240 e. The molecule has 1 heterocycles. The lowest BCUT2D eigenvalue weighted by molar-refractivity contribution is -0.125. The van der Waals surface area contributed by atoms with Gasteiger partial charge in [-0.1, -0.05) is 41.5 Å². The van der Waals surface area contributed by atoms with Crippen LogP contribution in [-0.2, 0) is 9.59 Å². The predicted octanol–water partition coefficient (Wildman–Crippen LogP) is 4.77. The van der Waals surface area contributed by atoms with Gasteiger partial charge in [-0.3, -0.25) is 9.59 Å². The predicted molar refractivity (Wildman–Crippen MR) is 122 cm³/mol. The summed E-state index contributed by atoms with van der Waals surface area (Å²) in [7, 11) is 0. The lowest BCUT2D eigenvalue weighted by atomic mass is 9.84. The van der Waals surface area contributed by atoms with Crippen molar-refractivity contribution in [3.05, 3.63) is 75.2 Å². The van der Waals surface area contributed by atoms with Crippen LogP contribution in [0.4, 0.5) is 5.69 Å². The molecule has 31 heavy (non-hydrogen) atoms. The van der Waals surface area contributed by atoms with Gasteiger partial charge in [-0.15, -0.1) is 0 Å². The Kier molecular flexibility index (Phi) is 6.37. The van der Waals surface area contributed by atoms with Gasteiger partial charge in [0.05, 0.1) is 0 Å².